The quantitative estimate of drug-likeness (QED) is 0.662. The van der Waals surface area contributed by atoms with Crippen molar-refractivity contribution in [2.24, 2.45) is 0 Å². The van der Waals surface area contributed by atoms with E-state index >= 15 is 0 Å². The lowest BCUT2D eigenvalue weighted by atomic mass is 9.89. The third kappa shape index (κ3) is 1.36. The Morgan fingerprint density at radius 3 is 2.55 bits per heavy atom. The van der Waals surface area contributed by atoms with Gasteiger partial charge in [-0.25, -0.2) is 0 Å². The minimum Gasteiger partial charge on any atom is -0.367 e. The van der Waals surface area contributed by atoms with E-state index in [1.165, 1.54) is 0 Å². The molecule has 0 bridgehead atoms. The number of amides is 2. The number of imide groups is 1. The number of carbonyl (C=O) groups is 2. The van der Waals surface area contributed by atoms with Gasteiger partial charge in [0.2, 0.25) is 0 Å². The highest BCUT2D eigenvalue weighted by Crippen LogP contribution is 2.34. The van der Waals surface area contributed by atoms with E-state index in [4.69, 9.17) is 0 Å². The number of aromatic amines is 1. The van der Waals surface area contributed by atoms with Crippen molar-refractivity contribution in [3.8, 4) is 11.1 Å². The van der Waals surface area contributed by atoms with Gasteiger partial charge in [-0.05, 0) is 28.6 Å². The van der Waals surface area contributed by atoms with Crippen LogP contribution in [-0.2, 0) is 0 Å². The molecular formula is C16H10N2O2. The fourth-order valence-corrected chi connectivity index (χ4v) is 2.77. The van der Waals surface area contributed by atoms with Crippen LogP contribution in [0.2, 0.25) is 0 Å². The molecule has 2 heterocycles. The molecule has 3 aromatic rings. The van der Waals surface area contributed by atoms with Crippen molar-refractivity contribution in [2.45, 2.75) is 0 Å². The fraction of sp³-hybridized carbons (Fsp3) is 0. The van der Waals surface area contributed by atoms with Gasteiger partial charge in [-0.2, -0.15) is 0 Å². The van der Waals surface area contributed by atoms with Crippen molar-refractivity contribution < 1.29 is 9.59 Å². The zero-order valence-corrected chi connectivity index (χ0v) is 10.4. The molecular weight excluding hydrogens is 252 g/mol. The number of hydrogen-bond donors (Lipinski definition) is 2. The summed E-state index contributed by atoms with van der Waals surface area (Å²) in [6.07, 6.45) is 3.65. The molecule has 0 saturated heterocycles. The predicted octanol–water partition coefficient (Wildman–Crippen LogP) is 2.72. The van der Waals surface area contributed by atoms with Crippen LogP contribution >= 0.6 is 0 Å². The van der Waals surface area contributed by atoms with Gasteiger partial charge >= 0.3 is 0 Å². The lowest BCUT2D eigenvalue weighted by Gasteiger charge is -2.19. The largest absolute Gasteiger partial charge is 0.367 e. The van der Waals surface area contributed by atoms with E-state index in [9.17, 15) is 9.59 Å². The standard InChI is InChI=1S/C16H10N2O2/c19-15-12-3-1-2-9-4-5-11(10-6-7-17-8-10)14(13(9)12)16(20)18-15/h1-8,17H,(H,18,19,20). The highest BCUT2D eigenvalue weighted by Gasteiger charge is 2.27. The Kier molecular flexibility index (Phi) is 2.09. The van der Waals surface area contributed by atoms with E-state index in [1.807, 2.05) is 42.7 Å². The number of aromatic nitrogens is 1. The van der Waals surface area contributed by atoms with Gasteiger partial charge in [-0.3, -0.25) is 14.9 Å². The second-order valence-electron chi connectivity index (χ2n) is 4.77. The number of benzene rings is 2. The molecule has 4 nitrogen and oxygen atoms in total. The molecule has 1 aromatic heterocycles. The molecule has 2 N–H and O–H groups in total. The zero-order chi connectivity index (χ0) is 13.7. The molecule has 4 heteroatoms. The van der Waals surface area contributed by atoms with Crippen LogP contribution in [0.4, 0.5) is 0 Å². The van der Waals surface area contributed by atoms with E-state index < -0.39 is 0 Å². The first-order valence-electron chi connectivity index (χ1n) is 6.30. The first-order chi connectivity index (χ1) is 9.75. The molecule has 0 atom stereocenters. The van der Waals surface area contributed by atoms with Gasteiger partial charge < -0.3 is 4.98 Å². The maximum atomic E-state index is 12.3. The first kappa shape index (κ1) is 11.0. The summed E-state index contributed by atoms with van der Waals surface area (Å²) in [6.45, 7) is 0. The van der Waals surface area contributed by atoms with Crippen LogP contribution < -0.4 is 5.32 Å². The molecule has 0 radical (unpaired) electrons. The normalized spacial score (nSPS) is 13.6. The summed E-state index contributed by atoms with van der Waals surface area (Å²) in [6, 6.07) is 11.2. The summed E-state index contributed by atoms with van der Waals surface area (Å²) in [5.74, 6) is -0.671. The number of H-pyrrole nitrogens is 1. The van der Waals surface area contributed by atoms with Crippen LogP contribution in [0.3, 0.4) is 0 Å². The van der Waals surface area contributed by atoms with Gasteiger partial charge in [0.25, 0.3) is 11.8 Å². The molecule has 96 valence electrons. The molecule has 2 amide bonds. The van der Waals surface area contributed by atoms with Crippen molar-refractivity contribution in [2.75, 3.05) is 0 Å². The average Bonchev–Trinajstić information content (AvgIpc) is 2.98. The topological polar surface area (TPSA) is 62.0 Å². The third-order valence-corrected chi connectivity index (χ3v) is 3.65. The summed E-state index contributed by atoms with van der Waals surface area (Å²) in [5, 5.41) is 4.05. The predicted molar refractivity (Wildman–Crippen MR) is 75.5 cm³/mol. The van der Waals surface area contributed by atoms with Crippen molar-refractivity contribution in [1.29, 1.82) is 0 Å². The van der Waals surface area contributed by atoms with Crippen LogP contribution in [-0.4, -0.2) is 16.8 Å². The van der Waals surface area contributed by atoms with Gasteiger partial charge in [0.05, 0.1) is 5.56 Å². The maximum absolute atomic E-state index is 12.3. The maximum Gasteiger partial charge on any atom is 0.259 e. The van der Waals surface area contributed by atoms with Crippen molar-refractivity contribution in [3.63, 3.8) is 0 Å². The van der Waals surface area contributed by atoms with E-state index in [2.05, 4.69) is 10.3 Å². The molecule has 0 spiro atoms. The number of carbonyl (C=O) groups excluding carboxylic acids is 2. The molecule has 0 unspecified atom stereocenters. The molecule has 0 aliphatic carbocycles. The monoisotopic (exact) mass is 262 g/mol. The van der Waals surface area contributed by atoms with Gasteiger partial charge in [0.1, 0.15) is 0 Å². The van der Waals surface area contributed by atoms with E-state index in [-0.39, 0.29) is 11.8 Å². The Bertz CT molecular complexity index is 864. The summed E-state index contributed by atoms with van der Waals surface area (Å²) in [7, 11) is 0. The molecule has 2 aromatic carbocycles. The highest BCUT2D eigenvalue weighted by atomic mass is 16.2. The Morgan fingerprint density at radius 1 is 0.850 bits per heavy atom. The second kappa shape index (κ2) is 3.81. The van der Waals surface area contributed by atoms with E-state index in [0.717, 1.165) is 21.9 Å². The lowest BCUT2D eigenvalue weighted by molar-refractivity contribution is 0.0845. The van der Waals surface area contributed by atoms with Crippen molar-refractivity contribution >= 4 is 22.6 Å². The first-order valence-corrected chi connectivity index (χ1v) is 6.30. The van der Waals surface area contributed by atoms with Crippen LogP contribution in [0.15, 0.2) is 48.8 Å². The van der Waals surface area contributed by atoms with Crippen LogP contribution in [0.25, 0.3) is 21.9 Å². The molecule has 0 saturated carbocycles. The number of nitrogens with one attached hydrogen (secondary N) is 2. The highest BCUT2D eigenvalue weighted by molar-refractivity contribution is 6.27. The van der Waals surface area contributed by atoms with Crippen LogP contribution in [0.5, 0.6) is 0 Å². The summed E-state index contributed by atoms with van der Waals surface area (Å²) < 4.78 is 0. The summed E-state index contributed by atoms with van der Waals surface area (Å²) >= 11 is 0. The molecule has 1 aliphatic heterocycles. The second-order valence-corrected chi connectivity index (χ2v) is 4.77. The summed E-state index contributed by atoms with van der Waals surface area (Å²) in [5.41, 5.74) is 2.88. The molecule has 1 aliphatic rings. The van der Waals surface area contributed by atoms with Crippen molar-refractivity contribution in [3.05, 3.63) is 59.9 Å². The van der Waals surface area contributed by atoms with Gasteiger partial charge in [0, 0.05) is 23.3 Å². The van der Waals surface area contributed by atoms with Crippen LogP contribution in [0, 0.1) is 0 Å². The number of hydrogen-bond acceptors (Lipinski definition) is 2. The third-order valence-electron chi connectivity index (χ3n) is 3.65. The SMILES string of the molecule is O=C1NC(=O)c2c(-c3cc[nH]c3)ccc3cccc1c23. The smallest absolute Gasteiger partial charge is 0.259 e. The Hall–Kier alpha value is -2.88. The van der Waals surface area contributed by atoms with E-state index in [0.29, 0.717) is 11.1 Å². The fourth-order valence-electron chi connectivity index (χ4n) is 2.77. The molecule has 20 heavy (non-hydrogen) atoms. The number of rotatable bonds is 1. The molecule has 4 rings (SSSR count). The van der Waals surface area contributed by atoms with Gasteiger partial charge in [-0.15, -0.1) is 0 Å². The van der Waals surface area contributed by atoms with Crippen LogP contribution in [0.1, 0.15) is 20.7 Å². The lowest BCUT2D eigenvalue weighted by Crippen LogP contribution is -2.35. The average molecular weight is 262 g/mol. The van der Waals surface area contributed by atoms with Crippen molar-refractivity contribution in [1.82, 2.24) is 10.3 Å². The minimum atomic E-state index is -0.338. The van der Waals surface area contributed by atoms with Gasteiger partial charge in [-0.1, -0.05) is 24.3 Å². The summed E-state index contributed by atoms with van der Waals surface area (Å²) in [4.78, 5) is 27.2. The molecule has 0 fully saturated rings. The Morgan fingerprint density at radius 2 is 1.75 bits per heavy atom. The van der Waals surface area contributed by atoms with E-state index in [1.54, 1.807) is 6.07 Å². The Labute approximate surface area is 114 Å². The zero-order valence-electron chi connectivity index (χ0n) is 10.4. The minimum absolute atomic E-state index is 0.334. The van der Waals surface area contributed by atoms with Gasteiger partial charge in [0.15, 0.2) is 0 Å². The Balaban J connectivity index is 2.18.